The van der Waals surface area contributed by atoms with E-state index in [2.05, 4.69) is 45.2 Å². The summed E-state index contributed by atoms with van der Waals surface area (Å²) in [4.78, 5) is 54.3. The highest BCUT2D eigenvalue weighted by Crippen LogP contribution is 2.49. The molecular weight excluding hydrogens is 588 g/mol. The van der Waals surface area contributed by atoms with Crippen molar-refractivity contribution in [3.05, 3.63) is 69.9 Å². The van der Waals surface area contributed by atoms with Crippen molar-refractivity contribution < 1.29 is 19.4 Å². The van der Waals surface area contributed by atoms with Crippen LogP contribution < -0.4 is 15.8 Å². The number of piperazine rings is 1. The number of nitrogens with zero attached hydrogens (tertiary/aromatic N) is 7. The number of aliphatic hydroxyl groups is 1. The lowest BCUT2D eigenvalue weighted by molar-refractivity contribution is -0.118. The van der Waals surface area contributed by atoms with Crippen LogP contribution in [0.15, 0.2) is 53.2 Å². The molecule has 240 valence electrons. The molecule has 0 spiro atoms. The molecule has 2 atom stereocenters. The van der Waals surface area contributed by atoms with Gasteiger partial charge in [0.2, 0.25) is 0 Å². The molecule has 3 aromatic rings. The third-order valence-corrected chi connectivity index (χ3v) is 9.51. The number of nitrogens with one attached hydrogen (secondary N) is 1. The molecule has 0 radical (unpaired) electrons. The molecule has 13 heteroatoms. The van der Waals surface area contributed by atoms with Crippen LogP contribution in [0, 0.1) is 11.3 Å². The fraction of sp³-hybridized carbons (Fsp3) is 0.455. The van der Waals surface area contributed by atoms with Crippen molar-refractivity contribution in [1.82, 2.24) is 29.5 Å². The molecule has 2 saturated heterocycles. The Hall–Kier alpha value is -4.62. The van der Waals surface area contributed by atoms with Gasteiger partial charge in [0.25, 0.3) is 17.4 Å². The number of pyridine rings is 2. The summed E-state index contributed by atoms with van der Waals surface area (Å²) >= 11 is 0. The summed E-state index contributed by atoms with van der Waals surface area (Å²) < 4.78 is 6.54. The van der Waals surface area contributed by atoms with Gasteiger partial charge in [0.05, 0.1) is 36.8 Å². The Balaban J connectivity index is 1.15. The van der Waals surface area contributed by atoms with E-state index in [9.17, 15) is 19.5 Å². The number of aromatic nitrogens is 4. The van der Waals surface area contributed by atoms with E-state index in [1.165, 1.54) is 10.9 Å². The number of fused-ring (bicyclic) bond motifs is 3. The molecule has 2 N–H and O–H groups in total. The highest BCUT2D eigenvalue weighted by Gasteiger charge is 2.49. The van der Waals surface area contributed by atoms with Crippen LogP contribution in [0.2, 0.25) is 0 Å². The number of aryl methyl sites for hydroxylation is 1. The summed E-state index contributed by atoms with van der Waals surface area (Å²) in [7, 11) is 1.54. The van der Waals surface area contributed by atoms with Gasteiger partial charge in [-0.15, -0.1) is 0 Å². The standard InChI is InChI=1S/C33H38N8O5/c1-33(2)16-21-14-26-32(45)41(9-8-40(26)27(21)17-33)29-23(19-42)22(6-7-34-29)24-15-25(31(44)38(3)37-24)36-28-5-4-20(18-35-28)30(43)39-10-12-46-13-11-39/h4-7,14-15,18,21,27,42H,8-13,16-17,19H2,1-3H3,(H,35,36). The average molecular weight is 627 g/mol. The zero-order chi connectivity index (χ0) is 32.2. The molecule has 1 aliphatic carbocycles. The largest absolute Gasteiger partial charge is 0.392 e. The van der Waals surface area contributed by atoms with Crippen LogP contribution in [0.1, 0.15) is 42.6 Å². The summed E-state index contributed by atoms with van der Waals surface area (Å²) in [5.74, 6) is 0.894. The first-order valence-electron chi connectivity index (χ1n) is 15.7. The van der Waals surface area contributed by atoms with Gasteiger partial charge < -0.3 is 25.0 Å². The van der Waals surface area contributed by atoms with Crippen molar-refractivity contribution in [2.75, 3.05) is 49.6 Å². The Kier molecular flexibility index (Phi) is 7.60. The summed E-state index contributed by atoms with van der Waals surface area (Å²) in [6, 6.07) is 6.98. The minimum Gasteiger partial charge on any atom is -0.392 e. The second-order valence-corrected chi connectivity index (χ2v) is 13.2. The fourth-order valence-corrected chi connectivity index (χ4v) is 7.31. The normalized spacial score (nSPS) is 22.0. The second-order valence-electron chi connectivity index (χ2n) is 13.2. The molecule has 4 aliphatic rings. The second kappa shape index (κ2) is 11.6. The number of anilines is 3. The van der Waals surface area contributed by atoms with Gasteiger partial charge in [0, 0.05) is 68.7 Å². The van der Waals surface area contributed by atoms with Crippen molar-refractivity contribution in [3.8, 4) is 11.3 Å². The van der Waals surface area contributed by atoms with Gasteiger partial charge in [0.1, 0.15) is 17.3 Å². The molecule has 2 unspecified atom stereocenters. The van der Waals surface area contributed by atoms with Crippen molar-refractivity contribution in [2.45, 2.75) is 39.3 Å². The predicted molar refractivity (Wildman–Crippen MR) is 170 cm³/mol. The molecular formula is C33H38N8O5. The molecule has 0 aromatic carbocycles. The number of hydrogen-bond donors (Lipinski definition) is 2. The predicted octanol–water partition coefficient (Wildman–Crippen LogP) is 2.30. The van der Waals surface area contributed by atoms with E-state index in [1.54, 1.807) is 47.3 Å². The molecule has 1 saturated carbocycles. The highest BCUT2D eigenvalue weighted by atomic mass is 16.5. The van der Waals surface area contributed by atoms with Crippen LogP contribution >= 0.6 is 0 Å². The monoisotopic (exact) mass is 626 g/mol. The highest BCUT2D eigenvalue weighted by molar-refractivity contribution is 6.06. The van der Waals surface area contributed by atoms with Gasteiger partial charge in [-0.2, -0.15) is 5.10 Å². The smallest absolute Gasteiger partial charge is 0.290 e. The number of aliphatic hydroxyl groups excluding tert-OH is 1. The number of carbonyl (C=O) groups is 2. The van der Waals surface area contributed by atoms with Gasteiger partial charge >= 0.3 is 0 Å². The lowest BCUT2D eigenvalue weighted by atomic mass is 9.90. The van der Waals surface area contributed by atoms with Gasteiger partial charge in [-0.3, -0.25) is 19.3 Å². The van der Waals surface area contributed by atoms with Crippen molar-refractivity contribution in [2.24, 2.45) is 18.4 Å². The van der Waals surface area contributed by atoms with E-state index in [-0.39, 0.29) is 35.1 Å². The van der Waals surface area contributed by atoms with E-state index in [1.807, 2.05) is 0 Å². The third-order valence-electron chi connectivity index (χ3n) is 9.51. The molecule has 3 aliphatic heterocycles. The first-order chi connectivity index (χ1) is 22.1. The molecule has 3 aromatic heterocycles. The quantitative estimate of drug-likeness (QED) is 0.418. The fourth-order valence-electron chi connectivity index (χ4n) is 7.31. The van der Waals surface area contributed by atoms with Gasteiger partial charge in [-0.05, 0) is 42.5 Å². The summed E-state index contributed by atoms with van der Waals surface area (Å²) in [5, 5.41) is 18.1. The van der Waals surface area contributed by atoms with E-state index >= 15 is 0 Å². The van der Waals surface area contributed by atoms with Gasteiger partial charge in [-0.25, -0.2) is 14.6 Å². The summed E-state index contributed by atoms with van der Waals surface area (Å²) in [6.45, 7) is 7.42. The Bertz CT molecular complexity index is 1780. The summed E-state index contributed by atoms with van der Waals surface area (Å²) in [5.41, 5.74) is 2.67. The van der Waals surface area contributed by atoms with Crippen LogP contribution in [0.3, 0.4) is 0 Å². The summed E-state index contributed by atoms with van der Waals surface area (Å²) in [6.07, 6.45) is 7.32. The molecule has 46 heavy (non-hydrogen) atoms. The van der Waals surface area contributed by atoms with Gasteiger partial charge in [0.15, 0.2) is 0 Å². The zero-order valence-corrected chi connectivity index (χ0v) is 26.3. The van der Waals surface area contributed by atoms with Crippen LogP contribution in [-0.2, 0) is 23.2 Å². The number of carbonyl (C=O) groups excluding carboxylic acids is 2. The Labute approximate surface area is 266 Å². The Morgan fingerprint density at radius 3 is 2.63 bits per heavy atom. The number of amides is 2. The lowest BCUT2D eigenvalue weighted by Crippen LogP contribution is -2.50. The average Bonchev–Trinajstić information content (AvgIpc) is 3.55. The Morgan fingerprint density at radius 1 is 1.09 bits per heavy atom. The Morgan fingerprint density at radius 2 is 1.89 bits per heavy atom. The molecule has 2 amide bonds. The number of rotatable bonds is 6. The van der Waals surface area contributed by atoms with Crippen molar-refractivity contribution >= 4 is 29.1 Å². The van der Waals surface area contributed by atoms with E-state index in [0.29, 0.717) is 91.1 Å². The van der Waals surface area contributed by atoms with Crippen molar-refractivity contribution in [1.29, 1.82) is 0 Å². The molecule has 0 bridgehead atoms. The van der Waals surface area contributed by atoms with E-state index < -0.39 is 0 Å². The first-order valence-corrected chi connectivity index (χ1v) is 15.7. The maximum atomic E-state index is 13.8. The first kappa shape index (κ1) is 30.1. The number of hydrogen-bond acceptors (Lipinski definition) is 10. The maximum Gasteiger partial charge on any atom is 0.290 e. The number of ether oxygens (including phenoxy) is 1. The molecule has 7 rings (SSSR count). The minimum atomic E-state index is -0.382. The SMILES string of the molecule is Cn1nc(-c2ccnc(N3CCN4C(=CC5CC(C)(C)CC54)C3=O)c2CO)cc(Nc2ccc(C(=O)N3CCOCC3)cn2)c1=O. The molecule has 6 heterocycles. The third kappa shape index (κ3) is 5.32. The number of morpholine rings is 1. The van der Waals surface area contributed by atoms with Crippen LogP contribution in [0.5, 0.6) is 0 Å². The van der Waals surface area contributed by atoms with Crippen LogP contribution in [-0.4, -0.2) is 91.9 Å². The van der Waals surface area contributed by atoms with Gasteiger partial charge in [-0.1, -0.05) is 19.9 Å². The zero-order valence-electron chi connectivity index (χ0n) is 26.3. The maximum absolute atomic E-state index is 13.8. The molecule has 3 fully saturated rings. The minimum absolute atomic E-state index is 0.116. The molecule has 13 nitrogen and oxygen atoms in total. The van der Waals surface area contributed by atoms with Crippen molar-refractivity contribution in [3.63, 3.8) is 0 Å². The van der Waals surface area contributed by atoms with Crippen LogP contribution in [0.4, 0.5) is 17.3 Å². The van der Waals surface area contributed by atoms with E-state index in [0.717, 1.165) is 12.8 Å². The van der Waals surface area contributed by atoms with Crippen LogP contribution in [0.25, 0.3) is 11.3 Å². The topological polar surface area (TPSA) is 146 Å². The lowest BCUT2D eigenvalue weighted by Gasteiger charge is -2.38. The van der Waals surface area contributed by atoms with E-state index in [4.69, 9.17) is 4.74 Å².